The molecule has 0 saturated carbocycles. The van der Waals surface area contributed by atoms with E-state index in [0.717, 1.165) is 32.2 Å². The minimum atomic E-state index is -1.55. The zero-order valence-electron chi connectivity index (χ0n) is 13.8. The van der Waals surface area contributed by atoms with E-state index in [0.29, 0.717) is 17.7 Å². The number of hydrogen-bond donors (Lipinski definition) is 1. The van der Waals surface area contributed by atoms with E-state index in [1.165, 1.54) is 6.20 Å². The number of quaternary nitrogens is 1. The lowest BCUT2D eigenvalue weighted by molar-refractivity contribution is -0.655. The van der Waals surface area contributed by atoms with Gasteiger partial charge in [-0.05, 0) is 19.1 Å². The summed E-state index contributed by atoms with van der Waals surface area (Å²) >= 11 is 0. The molecule has 1 aliphatic rings. The molecule has 3 rings (SSSR count). The number of nitrogens with two attached hydrogens (primary N) is 1. The summed E-state index contributed by atoms with van der Waals surface area (Å²) in [5, 5.41) is 13.3. The first-order valence-corrected chi connectivity index (χ1v) is 7.67. The molecule has 0 amide bonds. The van der Waals surface area contributed by atoms with Gasteiger partial charge in [-0.2, -0.15) is 0 Å². The molecule has 25 heavy (non-hydrogen) atoms. The molecule has 0 bridgehead atoms. The van der Waals surface area contributed by atoms with Crippen LogP contribution in [0.5, 0.6) is 0 Å². The normalized spacial score (nSPS) is 13.9. The van der Waals surface area contributed by atoms with Gasteiger partial charge in [0.25, 0.3) is 0 Å². The number of carboxylic acid groups (broad SMARTS) is 1. The van der Waals surface area contributed by atoms with Crippen LogP contribution in [0.3, 0.4) is 0 Å². The number of aryl methyl sites for hydroxylation is 1. The average Bonchev–Trinajstić information content (AvgIpc) is 2.55. The Balaban J connectivity index is 0.00000156. The number of piperazine rings is 1. The fourth-order valence-electron chi connectivity index (χ4n) is 3.04. The molecule has 0 radical (unpaired) electrons. The number of aromatic carboxylic acids is 1. The number of carbonyl (C=O) groups is 1. The maximum absolute atomic E-state index is 14.5. The second-order valence-corrected chi connectivity index (χ2v) is 5.62. The predicted molar refractivity (Wildman–Crippen MR) is 89.3 cm³/mol. The topological polar surface area (TPSA) is 145 Å². The number of pyridine rings is 1. The van der Waals surface area contributed by atoms with E-state index in [1.807, 2.05) is 11.8 Å². The maximum atomic E-state index is 14.5. The van der Waals surface area contributed by atoms with Crippen LogP contribution in [0, 0.1) is 5.82 Å². The molecule has 1 saturated heterocycles. The summed E-state index contributed by atoms with van der Waals surface area (Å²) in [5.41, 5.74) is -0.164. The van der Waals surface area contributed by atoms with Crippen LogP contribution in [0.4, 0.5) is 10.1 Å². The first kappa shape index (κ1) is 20.6. The molecule has 9 heteroatoms. The number of carbonyl (C=O) groups excluding carboxylic acids is 1. The molecule has 1 aromatic carbocycles. The summed E-state index contributed by atoms with van der Waals surface area (Å²) < 4.78 is 16.1. The molecule has 0 spiro atoms. The molecular formula is C16H22FN3O5. The number of carboxylic acids is 1. The lowest BCUT2D eigenvalue weighted by Crippen LogP contribution is -2.89. The Hall–Kier alpha value is -2.49. The fourth-order valence-corrected chi connectivity index (χ4v) is 3.04. The van der Waals surface area contributed by atoms with E-state index in [-0.39, 0.29) is 16.3 Å². The molecule has 2 heterocycles. The number of nitrogens with zero attached hydrogens (tertiary/aromatic N) is 2. The average molecular weight is 355 g/mol. The number of halogens is 1. The monoisotopic (exact) mass is 355 g/mol. The highest BCUT2D eigenvalue weighted by Crippen LogP contribution is 2.25. The van der Waals surface area contributed by atoms with Gasteiger partial charge >= 0.3 is 0 Å². The van der Waals surface area contributed by atoms with Crippen molar-refractivity contribution in [3.05, 3.63) is 39.9 Å². The Kier molecular flexibility index (Phi) is 6.63. The van der Waals surface area contributed by atoms with Crippen molar-refractivity contribution in [2.75, 3.05) is 31.1 Å². The molecule has 1 fully saturated rings. The number of aromatic nitrogens is 1. The lowest BCUT2D eigenvalue weighted by Gasteiger charge is -2.28. The Morgan fingerprint density at radius 3 is 2.48 bits per heavy atom. The zero-order valence-corrected chi connectivity index (χ0v) is 13.8. The first-order valence-electron chi connectivity index (χ1n) is 7.67. The van der Waals surface area contributed by atoms with Gasteiger partial charge in [0.2, 0.25) is 0 Å². The van der Waals surface area contributed by atoms with Crippen molar-refractivity contribution in [3.8, 4) is 0 Å². The van der Waals surface area contributed by atoms with E-state index in [9.17, 15) is 19.1 Å². The summed E-state index contributed by atoms with van der Waals surface area (Å²) in [6, 6.07) is 2.78. The van der Waals surface area contributed by atoms with Gasteiger partial charge in [0.15, 0.2) is 5.43 Å². The SMILES string of the molecule is CCn1cc(C(=O)[O-])c(=O)c2cc(F)c(N3CC[NH2+]CC3)cc21.O.O. The molecule has 2 aromatic rings. The number of rotatable bonds is 3. The highest BCUT2D eigenvalue weighted by atomic mass is 19.1. The van der Waals surface area contributed by atoms with Crippen LogP contribution in [0.25, 0.3) is 10.9 Å². The number of hydrogen-bond acceptors (Lipinski definition) is 4. The molecule has 1 aromatic heterocycles. The van der Waals surface area contributed by atoms with Gasteiger partial charge in [-0.3, -0.25) is 4.79 Å². The van der Waals surface area contributed by atoms with Gasteiger partial charge in [0, 0.05) is 18.1 Å². The van der Waals surface area contributed by atoms with Crippen LogP contribution in [0.15, 0.2) is 23.1 Å². The Morgan fingerprint density at radius 1 is 1.28 bits per heavy atom. The summed E-state index contributed by atoms with van der Waals surface area (Å²) in [6.45, 7) is 5.55. The van der Waals surface area contributed by atoms with Gasteiger partial charge in [-0.15, -0.1) is 0 Å². The second-order valence-electron chi connectivity index (χ2n) is 5.62. The molecular weight excluding hydrogens is 333 g/mol. The third kappa shape index (κ3) is 3.63. The van der Waals surface area contributed by atoms with Gasteiger partial charge in [-0.1, -0.05) is 0 Å². The van der Waals surface area contributed by atoms with Crippen LogP contribution < -0.4 is 20.8 Å². The van der Waals surface area contributed by atoms with Crippen molar-refractivity contribution in [1.82, 2.24) is 4.57 Å². The van der Waals surface area contributed by atoms with Crippen LogP contribution in [-0.4, -0.2) is 47.7 Å². The smallest absolute Gasteiger partial charge is 0.198 e. The quantitative estimate of drug-likeness (QED) is 0.636. The molecule has 1 aliphatic heterocycles. The third-order valence-electron chi connectivity index (χ3n) is 4.26. The van der Waals surface area contributed by atoms with Crippen LogP contribution in [0.2, 0.25) is 0 Å². The first-order chi connectivity index (χ1) is 11.0. The second kappa shape index (κ2) is 8.06. The van der Waals surface area contributed by atoms with Gasteiger partial charge in [-0.25, -0.2) is 4.39 Å². The number of benzene rings is 1. The fraction of sp³-hybridized carbons (Fsp3) is 0.375. The molecule has 0 aliphatic carbocycles. The number of fused-ring (bicyclic) bond motifs is 1. The third-order valence-corrected chi connectivity index (χ3v) is 4.26. The van der Waals surface area contributed by atoms with Crippen molar-refractivity contribution < 1.29 is 30.6 Å². The maximum Gasteiger partial charge on any atom is 0.198 e. The van der Waals surface area contributed by atoms with Gasteiger partial charge < -0.3 is 35.6 Å². The summed E-state index contributed by atoms with van der Waals surface area (Å²) in [5.74, 6) is -2.05. The Labute approximate surface area is 143 Å². The molecule has 8 nitrogen and oxygen atoms in total. The minimum absolute atomic E-state index is 0. The predicted octanol–water partition coefficient (Wildman–Crippen LogP) is -2.74. The molecule has 6 N–H and O–H groups in total. The number of anilines is 1. The van der Waals surface area contributed by atoms with E-state index in [1.54, 1.807) is 10.6 Å². The van der Waals surface area contributed by atoms with Crippen LogP contribution >= 0.6 is 0 Å². The van der Waals surface area contributed by atoms with Gasteiger partial charge in [0.05, 0.1) is 48.9 Å². The Bertz CT molecular complexity index is 831. The van der Waals surface area contributed by atoms with Crippen LogP contribution in [0.1, 0.15) is 17.3 Å². The Morgan fingerprint density at radius 2 is 1.92 bits per heavy atom. The van der Waals surface area contributed by atoms with Crippen molar-refractivity contribution in [2.24, 2.45) is 0 Å². The standard InChI is InChI=1S/C16H18FN3O3.2H2O/c1-2-19-9-11(16(22)23)15(21)10-7-12(17)14(8-13(10)19)20-5-3-18-4-6-20;;/h7-9,18H,2-6H2,1H3,(H,22,23);2*1H2. The van der Waals surface area contributed by atoms with Crippen molar-refractivity contribution >= 4 is 22.6 Å². The zero-order chi connectivity index (χ0) is 16.6. The van der Waals surface area contributed by atoms with Crippen molar-refractivity contribution in [3.63, 3.8) is 0 Å². The summed E-state index contributed by atoms with van der Waals surface area (Å²) in [7, 11) is 0. The molecule has 0 atom stereocenters. The van der Waals surface area contributed by atoms with E-state index in [4.69, 9.17) is 0 Å². The molecule has 0 unspecified atom stereocenters. The highest BCUT2D eigenvalue weighted by Gasteiger charge is 2.19. The highest BCUT2D eigenvalue weighted by molar-refractivity contribution is 5.92. The van der Waals surface area contributed by atoms with Gasteiger partial charge in [0.1, 0.15) is 5.82 Å². The van der Waals surface area contributed by atoms with Crippen LogP contribution in [-0.2, 0) is 6.54 Å². The largest absolute Gasteiger partial charge is 0.545 e. The summed E-state index contributed by atoms with van der Waals surface area (Å²) in [6.07, 6.45) is 1.27. The van der Waals surface area contributed by atoms with Crippen molar-refractivity contribution in [2.45, 2.75) is 13.5 Å². The van der Waals surface area contributed by atoms with E-state index < -0.39 is 22.8 Å². The van der Waals surface area contributed by atoms with Crippen molar-refractivity contribution in [1.29, 1.82) is 0 Å². The van der Waals surface area contributed by atoms with E-state index >= 15 is 0 Å². The molecule has 138 valence electrons. The lowest BCUT2D eigenvalue weighted by atomic mass is 10.1. The minimum Gasteiger partial charge on any atom is -0.545 e. The summed E-state index contributed by atoms with van der Waals surface area (Å²) in [4.78, 5) is 25.3. The van der Waals surface area contributed by atoms with E-state index in [2.05, 4.69) is 5.32 Å².